The summed E-state index contributed by atoms with van der Waals surface area (Å²) >= 11 is 1.66. The van der Waals surface area contributed by atoms with E-state index in [1.54, 1.807) is 16.2 Å². The number of likely N-dealkylation sites (N-methyl/N-ethyl adjacent to an activating group) is 1. The SMILES string of the molecule is CCN(Cc1cccs1)C(=O)C(N)c1ccccc1. The van der Waals surface area contributed by atoms with E-state index in [1.165, 1.54) is 4.88 Å². The highest BCUT2D eigenvalue weighted by Crippen LogP contribution is 2.17. The Morgan fingerprint density at radius 2 is 2.00 bits per heavy atom. The number of carbonyl (C=O) groups excluding carboxylic acids is 1. The lowest BCUT2D eigenvalue weighted by Crippen LogP contribution is -2.37. The predicted molar refractivity (Wildman–Crippen MR) is 78.8 cm³/mol. The van der Waals surface area contributed by atoms with Crippen LogP contribution in [-0.2, 0) is 11.3 Å². The quantitative estimate of drug-likeness (QED) is 0.911. The van der Waals surface area contributed by atoms with Crippen LogP contribution in [0.2, 0.25) is 0 Å². The fraction of sp³-hybridized carbons (Fsp3) is 0.267. The molecule has 2 aromatic rings. The van der Waals surface area contributed by atoms with Crippen molar-refractivity contribution in [3.05, 3.63) is 58.3 Å². The summed E-state index contributed by atoms with van der Waals surface area (Å²) in [5.41, 5.74) is 6.91. The van der Waals surface area contributed by atoms with Crippen molar-refractivity contribution in [3.8, 4) is 0 Å². The Labute approximate surface area is 117 Å². The van der Waals surface area contributed by atoms with Crippen LogP contribution >= 0.6 is 11.3 Å². The molecule has 0 aliphatic heterocycles. The van der Waals surface area contributed by atoms with Crippen LogP contribution < -0.4 is 5.73 Å². The van der Waals surface area contributed by atoms with Crippen LogP contribution in [0.4, 0.5) is 0 Å². The van der Waals surface area contributed by atoms with Crippen LogP contribution in [-0.4, -0.2) is 17.4 Å². The number of thiophene rings is 1. The number of nitrogens with two attached hydrogens (primary N) is 1. The lowest BCUT2D eigenvalue weighted by molar-refractivity contribution is -0.133. The number of amides is 1. The summed E-state index contributed by atoms with van der Waals surface area (Å²) in [5, 5.41) is 2.02. The topological polar surface area (TPSA) is 46.3 Å². The minimum Gasteiger partial charge on any atom is -0.336 e. The molecule has 1 amide bonds. The first kappa shape index (κ1) is 13.8. The third-order valence-electron chi connectivity index (χ3n) is 3.04. The zero-order chi connectivity index (χ0) is 13.7. The zero-order valence-electron chi connectivity index (χ0n) is 11.0. The highest BCUT2D eigenvalue weighted by Gasteiger charge is 2.21. The van der Waals surface area contributed by atoms with Gasteiger partial charge in [0.25, 0.3) is 0 Å². The first-order valence-electron chi connectivity index (χ1n) is 6.34. The monoisotopic (exact) mass is 274 g/mol. The Morgan fingerprint density at radius 3 is 2.58 bits per heavy atom. The summed E-state index contributed by atoms with van der Waals surface area (Å²) in [7, 11) is 0. The fourth-order valence-corrected chi connectivity index (χ4v) is 2.66. The molecule has 100 valence electrons. The molecule has 0 radical (unpaired) electrons. The number of hydrogen-bond donors (Lipinski definition) is 1. The molecule has 2 N–H and O–H groups in total. The van der Waals surface area contributed by atoms with E-state index >= 15 is 0 Å². The van der Waals surface area contributed by atoms with Crippen molar-refractivity contribution < 1.29 is 4.79 Å². The molecule has 4 heteroatoms. The van der Waals surface area contributed by atoms with Gasteiger partial charge in [-0.1, -0.05) is 36.4 Å². The van der Waals surface area contributed by atoms with E-state index in [0.29, 0.717) is 13.1 Å². The van der Waals surface area contributed by atoms with Crippen LogP contribution in [0.25, 0.3) is 0 Å². The predicted octanol–water partition coefficient (Wildman–Crippen LogP) is 2.80. The Morgan fingerprint density at radius 1 is 1.26 bits per heavy atom. The number of carbonyl (C=O) groups is 1. The molecule has 1 unspecified atom stereocenters. The number of rotatable bonds is 5. The van der Waals surface area contributed by atoms with Crippen molar-refractivity contribution in [2.24, 2.45) is 5.73 Å². The first-order chi connectivity index (χ1) is 9.22. The van der Waals surface area contributed by atoms with Crippen LogP contribution in [0, 0.1) is 0 Å². The molecule has 0 fully saturated rings. The number of benzene rings is 1. The van der Waals surface area contributed by atoms with Crippen molar-refractivity contribution in [2.45, 2.75) is 19.5 Å². The maximum absolute atomic E-state index is 12.4. The van der Waals surface area contributed by atoms with Gasteiger partial charge >= 0.3 is 0 Å². The van der Waals surface area contributed by atoms with Gasteiger partial charge in [0.2, 0.25) is 5.91 Å². The lowest BCUT2D eigenvalue weighted by Gasteiger charge is -2.24. The van der Waals surface area contributed by atoms with Crippen molar-refractivity contribution in [2.75, 3.05) is 6.54 Å². The van der Waals surface area contributed by atoms with E-state index in [2.05, 4.69) is 0 Å². The van der Waals surface area contributed by atoms with Crippen molar-refractivity contribution in [1.29, 1.82) is 0 Å². The fourth-order valence-electron chi connectivity index (χ4n) is 1.94. The molecule has 3 nitrogen and oxygen atoms in total. The minimum absolute atomic E-state index is 0.0258. The van der Waals surface area contributed by atoms with Gasteiger partial charge in [0.1, 0.15) is 6.04 Å². The van der Waals surface area contributed by atoms with Gasteiger partial charge in [0.15, 0.2) is 0 Å². The Hall–Kier alpha value is -1.65. The average molecular weight is 274 g/mol. The highest BCUT2D eigenvalue weighted by atomic mass is 32.1. The number of hydrogen-bond acceptors (Lipinski definition) is 3. The summed E-state index contributed by atoms with van der Waals surface area (Å²) in [6.07, 6.45) is 0. The third-order valence-corrected chi connectivity index (χ3v) is 3.91. The molecule has 0 aliphatic carbocycles. The van der Waals surface area contributed by atoms with Crippen LogP contribution in [0.3, 0.4) is 0 Å². The molecule has 19 heavy (non-hydrogen) atoms. The number of nitrogens with zero attached hydrogens (tertiary/aromatic N) is 1. The van der Waals surface area contributed by atoms with Crippen molar-refractivity contribution >= 4 is 17.2 Å². The molecule has 1 aromatic heterocycles. The zero-order valence-corrected chi connectivity index (χ0v) is 11.8. The van der Waals surface area contributed by atoms with Gasteiger partial charge in [-0.05, 0) is 23.9 Å². The Kier molecular flexibility index (Phi) is 4.71. The maximum Gasteiger partial charge on any atom is 0.244 e. The van der Waals surface area contributed by atoms with Crippen LogP contribution in [0.1, 0.15) is 23.4 Å². The second-order valence-electron chi connectivity index (χ2n) is 4.32. The molecule has 1 heterocycles. The minimum atomic E-state index is -0.582. The summed E-state index contributed by atoms with van der Waals surface area (Å²) in [4.78, 5) is 15.4. The molecule has 0 saturated carbocycles. The van der Waals surface area contributed by atoms with Gasteiger partial charge < -0.3 is 10.6 Å². The maximum atomic E-state index is 12.4. The largest absolute Gasteiger partial charge is 0.336 e. The van der Waals surface area contributed by atoms with Gasteiger partial charge in [-0.3, -0.25) is 4.79 Å². The Balaban J connectivity index is 2.08. The molecule has 1 atom stereocenters. The standard InChI is InChI=1S/C15H18N2OS/c1-2-17(11-13-9-6-10-19-13)15(18)14(16)12-7-4-3-5-8-12/h3-10,14H,2,11,16H2,1H3. The van der Waals surface area contributed by atoms with Gasteiger partial charge in [-0.15, -0.1) is 11.3 Å². The smallest absolute Gasteiger partial charge is 0.244 e. The van der Waals surface area contributed by atoms with Gasteiger partial charge in [-0.25, -0.2) is 0 Å². The van der Waals surface area contributed by atoms with Crippen LogP contribution in [0.15, 0.2) is 47.8 Å². The molecule has 0 bridgehead atoms. The lowest BCUT2D eigenvalue weighted by atomic mass is 10.1. The van der Waals surface area contributed by atoms with E-state index in [1.807, 2.05) is 54.8 Å². The second-order valence-corrected chi connectivity index (χ2v) is 5.35. The molecule has 0 aliphatic rings. The van der Waals surface area contributed by atoms with Crippen molar-refractivity contribution in [1.82, 2.24) is 4.90 Å². The van der Waals surface area contributed by atoms with E-state index in [4.69, 9.17) is 5.73 Å². The molecule has 0 saturated heterocycles. The molecular weight excluding hydrogens is 256 g/mol. The summed E-state index contributed by atoms with van der Waals surface area (Å²) < 4.78 is 0. The second kappa shape index (κ2) is 6.50. The average Bonchev–Trinajstić information content (AvgIpc) is 2.97. The molecule has 1 aromatic carbocycles. The van der Waals surface area contributed by atoms with Crippen LogP contribution in [0.5, 0.6) is 0 Å². The summed E-state index contributed by atoms with van der Waals surface area (Å²) in [6, 6.07) is 13.0. The molecule has 2 rings (SSSR count). The van der Waals surface area contributed by atoms with Gasteiger partial charge in [-0.2, -0.15) is 0 Å². The van der Waals surface area contributed by atoms with Gasteiger partial charge in [0.05, 0.1) is 6.54 Å². The van der Waals surface area contributed by atoms with E-state index in [9.17, 15) is 4.79 Å². The first-order valence-corrected chi connectivity index (χ1v) is 7.22. The van der Waals surface area contributed by atoms with Crippen molar-refractivity contribution in [3.63, 3.8) is 0 Å². The third kappa shape index (κ3) is 3.43. The Bertz CT molecular complexity index is 510. The summed E-state index contributed by atoms with van der Waals surface area (Å²) in [5.74, 6) is -0.0258. The summed E-state index contributed by atoms with van der Waals surface area (Å²) in [6.45, 7) is 3.27. The molecule has 0 spiro atoms. The van der Waals surface area contributed by atoms with Gasteiger partial charge in [0, 0.05) is 11.4 Å². The normalized spacial score (nSPS) is 12.1. The highest BCUT2D eigenvalue weighted by molar-refractivity contribution is 7.09. The van der Waals surface area contributed by atoms with E-state index < -0.39 is 6.04 Å². The molecular formula is C15H18N2OS. The van der Waals surface area contributed by atoms with E-state index in [0.717, 1.165) is 5.56 Å². The van der Waals surface area contributed by atoms with E-state index in [-0.39, 0.29) is 5.91 Å².